The van der Waals surface area contributed by atoms with Crippen LogP contribution in [-0.4, -0.2) is 33.6 Å². The molecule has 31 heavy (non-hydrogen) atoms. The summed E-state index contributed by atoms with van der Waals surface area (Å²) in [6.45, 7) is 4.62. The van der Waals surface area contributed by atoms with E-state index in [1.807, 2.05) is 30.1 Å². The molecule has 0 N–H and O–H groups in total. The number of aromatic nitrogens is 1. The second-order valence-electron chi connectivity index (χ2n) is 7.70. The predicted octanol–water partition coefficient (Wildman–Crippen LogP) is 3.82. The SMILES string of the molecule is Cc1cc(CN2N=C(c3ccc([N+](=O)[O-])cc3)c3cc4c(cc3CC2C)OCO4)on1. The normalized spacial score (nSPS) is 17.2. The maximum Gasteiger partial charge on any atom is 0.269 e. The van der Waals surface area contributed by atoms with E-state index >= 15 is 0 Å². The molecule has 1 unspecified atom stereocenters. The number of hydrogen-bond donors (Lipinski definition) is 0. The Kier molecular flexibility index (Phi) is 4.58. The minimum absolute atomic E-state index is 0.0336. The van der Waals surface area contributed by atoms with E-state index in [-0.39, 0.29) is 18.5 Å². The summed E-state index contributed by atoms with van der Waals surface area (Å²) in [6, 6.07) is 12.3. The first-order valence-electron chi connectivity index (χ1n) is 9.93. The monoisotopic (exact) mass is 420 g/mol. The predicted molar refractivity (Wildman–Crippen MR) is 111 cm³/mol. The van der Waals surface area contributed by atoms with Gasteiger partial charge in [-0.25, -0.2) is 0 Å². The van der Waals surface area contributed by atoms with Crippen molar-refractivity contribution in [2.45, 2.75) is 32.9 Å². The first-order chi connectivity index (χ1) is 15.0. The van der Waals surface area contributed by atoms with Crippen LogP contribution >= 0.6 is 0 Å². The Morgan fingerprint density at radius 1 is 1.16 bits per heavy atom. The first kappa shape index (κ1) is 19.1. The van der Waals surface area contributed by atoms with Gasteiger partial charge >= 0.3 is 0 Å². The fourth-order valence-corrected chi connectivity index (χ4v) is 3.87. The van der Waals surface area contributed by atoms with Gasteiger partial charge in [0.05, 0.1) is 22.9 Å². The lowest BCUT2D eigenvalue weighted by Gasteiger charge is -2.24. The Hall–Kier alpha value is -3.88. The fourth-order valence-electron chi connectivity index (χ4n) is 3.87. The highest BCUT2D eigenvalue weighted by Gasteiger charge is 2.27. The summed E-state index contributed by atoms with van der Waals surface area (Å²) in [5, 5.41) is 22.0. The van der Waals surface area contributed by atoms with Gasteiger partial charge in [-0.05, 0) is 50.1 Å². The van der Waals surface area contributed by atoms with Crippen LogP contribution in [0.3, 0.4) is 0 Å². The van der Waals surface area contributed by atoms with E-state index in [2.05, 4.69) is 12.1 Å². The maximum absolute atomic E-state index is 11.1. The smallest absolute Gasteiger partial charge is 0.269 e. The number of nitro groups is 1. The second-order valence-corrected chi connectivity index (χ2v) is 7.70. The van der Waals surface area contributed by atoms with Crippen molar-refractivity contribution in [2.24, 2.45) is 5.10 Å². The van der Waals surface area contributed by atoms with E-state index in [0.717, 1.165) is 34.6 Å². The fraction of sp³-hybridized carbons (Fsp3) is 0.273. The topological polar surface area (TPSA) is 103 Å². The molecule has 1 aromatic heterocycles. The molecule has 9 nitrogen and oxygen atoms in total. The molecule has 2 aromatic carbocycles. The maximum atomic E-state index is 11.1. The van der Waals surface area contributed by atoms with Crippen LogP contribution < -0.4 is 9.47 Å². The van der Waals surface area contributed by atoms with Crippen LogP contribution in [0.5, 0.6) is 11.5 Å². The quantitative estimate of drug-likeness (QED) is 0.467. The number of nitrogens with zero attached hydrogens (tertiary/aromatic N) is 4. The van der Waals surface area contributed by atoms with Gasteiger partial charge in [0.1, 0.15) is 0 Å². The molecule has 0 spiro atoms. The molecule has 0 amide bonds. The van der Waals surface area contributed by atoms with Gasteiger partial charge in [0.25, 0.3) is 5.69 Å². The first-order valence-corrected chi connectivity index (χ1v) is 9.93. The van der Waals surface area contributed by atoms with Crippen molar-refractivity contribution in [1.82, 2.24) is 10.2 Å². The van der Waals surface area contributed by atoms with Crippen LogP contribution in [0, 0.1) is 17.0 Å². The molecule has 2 aliphatic rings. The molecule has 0 bridgehead atoms. The highest BCUT2D eigenvalue weighted by atomic mass is 16.7. The van der Waals surface area contributed by atoms with Crippen LogP contribution in [0.15, 0.2) is 52.1 Å². The van der Waals surface area contributed by atoms with E-state index < -0.39 is 4.92 Å². The standard InChI is InChI=1S/C22H20N4O5/c1-13-7-18(31-24-13)11-25-14(2)8-16-9-20-21(30-12-29-20)10-19(16)22(23-25)15-3-5-17(6-4-15)26(27)28/h3-7,9-10,14H,8,11-12H2,1-2H3. The number of nitro benzene ring substituents is 1. The van der Waals surface area contributed by atoms with Crippen molar-refractivity contribution in [1.29, 1.82) is 0 Å². The van der Waals surface area contributed by atoms with Gasteiger partial charge in [-0.15, -0.1) is 0 Å². The molecule has 0 saturated carbocycles. The molecular weight excluding hydrogens is 400 g/mol. The second kappa shape index (κ2) is 7.42. The van der Waals surface area contributed by atoms with Crippen molar-refractivity contribution in [2.75, 3.05) is 6.79 Å². The molecule has 0 radical (unpaired) electrons. The van der Waals surface area contributed by atoms with E-state index in [0.29, 0.717) is 23.8 Å². The Balaban J connectivity index is 1.61. The summed E-state index contributed by atoms with van der Waals surface area (Å²) >= 11 is 0. The third kappa shape index (κ3) is 3.58. The molecule has 5 rings (SSSR count). The van der Waals surface area contributed by atoms with Crippen molar-refractivity contribution < 1.29 is 18.9 Å². The Bertz CT molecular complexity index is 1190. The van der Waals surface area contributed by atoms with Gasteiger partial charge in [0, 0.05) is 35.4 Å². The third-order valence-corrected chi connectivity index (χ3v) is 5.45. The molecule has 3 heterocycles. The molecule has 0 fully saturated rings. The van der Waals surface area contributed by atoms with Gasteiger partial charge < -0.3 is 14.0 Å². The average Bonchev–Trinajstić information content (AvgIpc) is 3.35. The van der Waals surface area contributed by atoms with Gasteiger partial charge in [0.15, 0.2) is 17.3 Å². The number of hydrogen-bond acceptors (Lipinski definition) is 8. The summed E-state index contributed by atoms with van der Waals surface area (Å²) in [5.74, 6) is 2.10. The number of fused-ring (bicyclic) bond motifs is 2. The number of hydrazone groups is 1. The minimum atomic E-state index is -0.411. The van der Waals surface area contributed by atoms with E-state index in [1.165, 1.54) is 12.1 Å². The van der Waals surface area contributed by atoms with Crippen LogP contribution in [-0.2, 0) is 13.0 Å². The van der Waals surface area contributed by atoms with Crippen LogP contribution in [0.25, 0.3) is 0 Å². The van der Waals surface area contributed by atoms with Crippen LogP contribution in [0.1, 0.15) is 35.1 Å². The average molecular weight is 420 g/mol. The van der Waals surface area contributed by atoms with Crippen molar-refractivity contribution in [3.05, 3.63) is 80.7 Å². The lowest BCUT2D eigenvalue weighted by molar-refractivity contribution is -0.384. The number of aryl methyl sites for hydroxylation is 1. The third-order valence-electron chi connectivity index (χ3n) is 5.45. The zero-order valence-corrected chi connectivity index (χ0v) is 17.1. The van der Waals surface area contributed by atoms with Crippen molar-refractivity contribution >= 4 is 11.4 Å². The lowest BCUT2D eigenvalue weighted by Crippen LogP contribution is -2.29. The van der Waals surface area contributed by atoms with E-state index in [9.17, 15) is 10.1 Å². The molecule has 158 valence electrons. The molecular formula is C22H20N4O5. The zero-order valence-electron chi connectivity index (χ0n) is 17.1. The molecule has 0 aliphatic carbocycles. The molecule has 0 saturated heterocycles. The summed E-state index contributed by atoms with van der Waals surface area (Å²) in [5.41, 5.74) is 4.32. The summed E-state index contributed by atoms with van der Waals surface area (Å²) < 4.78 is 16.6. The van der Waals surface area contributed by atoms with Crippen LogP contribution in [0.4, 0.5) is 5.69 Å². The van der Waals surface area contributed by atoms with E-state index in [1.54, 1.807) is 12.1 Å². The van der Waals surface area contributed by atoms with Crippen LogP contribution in [0.2, 0.25) is 0 Å². The summed E-state index contributed by atoms with van der Waals surface area (Å²) in [7, 11) is 0. The lowest BCUT2D eigenvalue weighted by atomic mass is 9.94. The Labute approximate surface area is 178 Å². The molecule has 1 atom stereocenters. The molecule has 3 aromatic rings. The summed E-state index contributed by atoms with van der Waals surface area (Å²) in [6.07, 6.45) is 0.735. The van der Waals surface area contributed by atoms with E-state index in [4.69, 9.17) is 19.1 Å². The van der Waals surface area contributed by atoms with Gasteiger partial charge in [-0.1, -0.05) is 5.16 Å². The van der Waals surface area contributed by atoms with Gasteiger partial charge in [-0.2, -0.15) is 5.10 Å². The highest BCUT2D eigenvalue weighted by molar-refractivity contribution is 6.14. The van der Waals surface area contributed by atoms with Crippen molar-refractivity contribution in [3.63, 3.8) is 0 Å². The number of benzene rings is 2. The Morgan fingerprint density at radius 3 is 2.58 bits per heavy atom. The Morgan fingerprint density at radius 2 is 1.90 bits per heavy atom. The number of ether oxygens (including phenoxy) is 2. The molecule has 9 heteroatoms. The number of rotatable bonds is 4. The zero-order chi connectivity index (χ0) is 21.5. The van der Waals surface area contributed by atoms with Gasteiger partial charge in [-0.3, -0.25) is 15.1 Å². The minimum Gasteiger partial charge on any atom is -0.454 e. The molecule has 2 aliphatic heterocycles. The van der Waals surface area contributed by atoms with Crippen molar-refractivity contribution in [3.8, 4) is 11.5 Å². The summed E-state index contributed by atoms with van der Waals surface area (Å²) in [4.78, 5) is 10.7. The number of non-ortho nitro benzene ring substituents is 1. The highest BCUT2D eigenvalue weighted by Crippen LogP contribution is 2.38. The van der Waals surface area contributed by atoms with Gasteiger partial charge in [0.2, 0.25) is 6.79 Å². The largest absolute Gasteiger partial charge is 0.454 e.